The molecular formula is C12H6F6N2. The molecule has 0 bridgehead atoms. The first-order chi connectivity index (χ1) is 9.21. The van der Waals surface area contributed by atoms with Gasteiger partial charge >= 0.3 is 12.4 Å². The molecule has 2 nitrogen and oxygen atoms in total. The topological polar surface area (TPSA) is 25.8 Å². The summed E-state index contributed by atoms with van der Waals surface area (Å²) >= 11 is 0. The molecule has 0 spiro atoms. The minimum Gasteiger partial charge on any atom is -0.264 e. The van der Waals surface area contributed by atoms with Crippen molar-refractivity contribution < 1.29 is 26.3 Å². The molecule has 2 rings (SSSR count). The summed E-state index contributed by atoms with van der Waals surface area (Å²) in [5.41, 5.74) is -4.49. The van der Waals surface area contributed by atoms with E-state index in [9.17, 15) is 26.3 Å². The summed E-state index contributed by atoms with van der Waals surface area (Å²) in [6.45, 7) is 0. The molecular weight excluding hydrogens is 286 g/mol. The molecule has 0 radical (unpaired) electrons. The Hall–Kier alpha value is -2.12. The maximum absolute atomic E-state index is 13.0. The van der Waals surface area contributed by atoms with Gasteiger partial charge in [0.2, 0.25) is 0 Å². The van der Waals surface area contributed by atoms with Gasteiger partial charge in [-0.3, -0.25) is 9.97 Å². The van der Waals surface area contributed by atoms with Crippen LogP contribution in [0.4, 0.5) is 26.3 Å². The standard InChI is InChI=1S/C12H6F6N2/c13-11(14,15)8-3-5-20-10(9(8)12(16,17)18)7-2-1-4-19-6-7/h1-6H. The molecule has 0 amide bonds. The highest BCUT2D eigenvalue weighted by atomic mass is 19.4. The van der Waals surface area contributed by atoms with Gasteiger partial charge in [0.25, 0.3) is 0 Å². The van der Waals surface area contributed by atoms with Gasteiger partial charge in [-0.15, -0.1) is 0 Å². The summed E-state index contributed by atoms with van der Waals surface area (Å²) in [6, 6.07) is 2.84. The van der Waals surface area contributed by atoms with E-state index in [0.717, 1.165) is 6.20 Å². The number of halogens is 6. The van der Waals surface area contributed by atoms with Crippen molar-refractivity contribution >= 4 is 0 Å². The van der Waals surface area contributed by atoms with Gasteiger partial charge in [-0.1, -0.05) is 0 Å². The normalized spacial score (nSPS) is 12.5. The summed E-state index contributed by atoms with van der Waals surface area (Å²) in [5.74, 6) is 0. The number of hydrogen-bond acceptors (Lipinski definition) is 2. The first-order valence-electron chi connectivity index (χ1n) is 5.25. The van der Waals surface area contributed by atoms with Gasteiger partial charge in [-0.25, -0.2) is 0 Å². The number of aromatic nitrogens is 2. The molecule has 2 aromatic rings. The lowest BCUT2D eigenvalue weighted by molar-refractivity contribution is -0.161. The van der Waals surface area contributed by atoms with Crippen LogP contribution in [0, 0.1) is 0 Å². The van der Waals surface area contributed by atoms with E-state index in [1.807, 2.05) is 0 Å². The maximum Gasteiger partial charge on any atom is 0.419 e. The molecule has 2 heterocycles. The molecule has 20 heavy (non-hydrogen) atoms. The van der Waals surface area contributed by atoms with Gasteiger partial charge in [0.1, 0.15) is 0 Å². The molecule has 0 unspecified atom stereocenters. The lowest BCUT2D eigenvalue weighted by Crippen LogP contribution is -2.18. The molecule has 0 aliphatic rings. The van der Waals surface area contributed by atoms with Crippen molar-refractivity contribution in [2.75, 3.05) is 0 Å². The predicted octanol–water partition coefficient (Wildman–Crippen LogP) is 4.18. The Labute approximate surface area is 109 Å². The van der Waals surface area contributed by atoms with Crippen LogP contribution in [-0.4, -0.2) is 9.97 Å². The Balaban J connectivity index is 2.77. The minimum atomic E-state index is -5.18. The van der Waals surface area contributed by atoms with Crippen LogP contribution in [0.15, 0.2) is 36.8 Å². The zero-order valence-electron chi connectivity index (χ0n) is 9.63. The third-order valence-electron chi connectivity index (χ3n) is 2.47. The molecule has 0 saturated carbocycles. The molecule has 0 aliphatic carbocycles. The number of hydrogen-bond donors (Lipinski definition) is 0. The van der Waals surface area contributed by atoms with E-state index in [1.165, 1.54) is 18.3 Å². The van der Waals surface area contributed by atoms with Gasteiger partial charge in [0.15, 0.2) is 0 Å². The second-order valence-electron chi connectivity index (χ2n) is 3.82. The van der Waals surface area contributed by atoms with Crippen LogP contribution in [0.1, 0.15) is 11.1 Å². The molecule has 0 fully saturated rings. The molecule has 106 valence electrons. The first-order valence-corrected chi connectivity index (χ1v) is 5.25. The van der Waals surface area contributed by atoms with Crippen LogP contribution in [0.5, 0.6) is 0 Å². The van der Waals surface area contributed by atoms with Crippen LogP contribution >= 0.6 is 0 Å². The van der Waals surface area contributed by atoms with Gasteiger partial charge in [0, 0.05) is 24.2 Å². The fraction of sp³-hybridized carbons (Fsp3) is 0.167. The lowest BCUT2D eigenvalue weighted by atomic mass is 10.0. The summed E-state index contributed by atoms with van der Waals surface area (Å²) in [4.78, 5) is 7.02. The molecule has 0 aliphatic heterocycles. The SMILES string of the molecule is FC(F)(F)c1ccnc(-c2cccnc2)c1C(F)(F)F. The summed E-state index contributed by atoms with van der Waals surface area (Å²) in [7, 11) is 0. The second kappa shape index (κ2) is 4.77. The fourth-order valence-corrected chi connectivity index (χ4v) is 1.71. The zero-order valence-corrected chi connectivity index (χ0v) is 9.63. The minimum absolute atomic E-state index is 0.133. The summed E-state index contributed by atoms with van der Waals surface area (Å²) in [6.07, 6.45) is -7.28. The van der Waals surface area contributed by atoms with E-state index in [1.54, 1.807) is 0 Å². The van der Waals surface area contributed by atoms with Crippen molar-refractivity contribution in [1.82, 2.24) is 9.97 Å². The fourth-order valence-electron chi connectivity index (χ4n) is 1.71. The van der Waals surface area contributed by atoms with Gasteiger partial charge in [-0.05, 0) is 18.2 Å². The largest absolute Gasteiger partial charge is 0.419 e. The molecule has 0 aromatic carbocycles. The Morgan fingerprint density at radius 3 is 2.05 bits per heavy atom. The van der Waals surface area contributed by atoms with Gasteiger partial charge in [0.05, 0.1) is 16.8 Å². The zero-order chi connectivity index (χ0) is 15.0. The average molecular weight is 292 g/mol. The summed E-state index contributed by atoms with van der Waals surface area (Å²) in [5, 5.41) is 0. The number of alkyl halides is 6. The van der Waals surface area contributed by atoms with Crippen LogP contribution in [-0.2, 0) is 12.4 Å². The number of pyridine rings is 2. The second-order valence-corrected chi connectivity index (χ2v) is 3.82. The third-order valence-corrected chi connectivity index (χ3v) is 2.47. The van der Waals surface area contributed by atoms with E-state index in [2.05, 4.69) is 9.97 Å². The molecule has 2 aromatic heterocycles. The van der Waals surface area contributed by atoms with Crippen molar-refractivity contribution in [2.45, 2.75) is 12.4 Å². The van der Waals surface area contributed by atoms with Crippen LogP contribution in [0.25, 0.3) is 11.3 Å². The van der Waals surface area contributed by atoms with Crippen molar-refractivity contribution in [3.8, 4) is 11.3 Å². The Morgan fingerprint density at radius 2 is 1.55 bits per heavy atom. The maximum atomic E-state index is 13.0. The van der Waals surface area contributed by atoms with E-state index < -0.39 is 29.2 Å². The highest BCUT2D eigenvalue weighted by Gasteiger charge is 2.45. The molecule has 8 heteroatoms. The first kappa shape index (κ1) is 14.3. The lowest BCUT2D eigenvalue weighted by Gasteiger charge is -2.18. The Bertz CT molecular complexity index is 604. The van der Waals surface area contributed by atoms with Crippen molar-refractivity contribution in [3.05, 3.63) is 47.9 Å². The van der Waals surface area contributed by atoms with E-state index >= 15 is 0 Å². The smallest absolute Gasteiger partial charge is 0.264 e. The quantitative estimate of drug-likeness (QED) is 0.737. The monoisotopic (exact) mass is 292 g/mol. The van der Waals surface area contributed by atoms with Crippen LogP contribution in [0.2, 0.25) is 0 Å². The number of nitrogens with zero attached hydrogens (tertiary/aromatic N) is 2. The average Bonchev–Trinajstić information content (AvgIpc) is 2.37. The van der Waals surface area contributed by atoms with E-state index in [4.69, 9.17) is 0 Å². The van der Waals surface area contributed by atoms with Crippen molar-refractivity contribution in [1.29, 1.82) is 0 Å². The van der Waals surface area contributed by atoms with E-state index in [-0.39, 0.29) is 5.56 Å². The summed E-state index contributed by atoms with van der Waals surface area (Å²) < 4.78 is 77.1. The van der Waals surface area contributed by atoms with E-state index in [0.29, 0.717) is 12.3 Å². The highest BCUT2D eigenvalue weighted by molar-refractivity contribution is 5.64. The Morgan fingerprint density at radius 1 is 0.850 bits per heavy atom. The van der Waals surface area contributed by atoms with Crippen molar-refractivity contribution in [2.24, 2.45) is 0 Å². The van der Waals surface area contributed by atoms with Gasteiger partial charge < -0.3 is 0 Å². The van der Waals surface area contributed by atoms with Gasteiger partial charge in [-0.2, -0.15) is 26.3 Å². The molecule has 0 atom stereocenters. The van der Waals surface area contributed by atoms with Crippen LogP contribution in [0.3, 0.4) is 0 Å². The van der Waals surface area contributed by atoms with Crippen molar-refractivity contribution in [3.63, 3.8) is 0 Å². The molecule has 0 saturated heterocycles. The highest BCUT2D eigenvalue weighted by Crippen LogP contribution is 2.43. The Kier molecular flexibility index (Phi) is 3.41. The number of rotatable bonds is 1. The van der Waals surface area contributed by atoms with Crippen LogP contribution < -0.4 is 0 Å². The third kappa shape index (κ3) is 2.73. The predicted molar refractivity (Wildman–Crippen MR) is 57.5 cm³/mol. The molecule has 0 N–H and O–H groups in total.